The number of hydrogen-bond acceptors (Lipinski definition) is 3. The van der Waals surface area contributed by atoms with E-state index in [0.29, 0.717) is 6.04 Å². The van der Waals surface area contributed by atoms with E-state index in [-0.39, 0.29) is 17.5 Å². The lowest BCUT2D eigenvalue weighted by molar-refractivity contribution is -0.159. The maximum Gasteiger partial charge on any atom is 0.310 e. The van der Waals surface area contributed by atoms with Gasteiger partial charge in [-0.25, -0.2) is 0 Å². The first kappa shape index (κ1) is 15.5. The number of nitrogens with one attached hydrogen (secondary N) is 1. The molecule has 0 aromatic carbocycles. The molecule has 1 aliphatic rings. The average Bonchev–Trinajstić information content (AvgIpc) is 2.51. The summed E-state index contributed by atoms with van der Waals surface area (Å²) in [5.41, 5.74) is -0.381. The molecule has 1 rings (SSSR count). The highest BCUT2D eigenvalue weighted by Crippen LogP contribution is 2.17. The van der Waals surface area contributed by atoms with Crippen LogP contribution in [0.25, 0.3) is 0 Å². The molecule has 0 aromatic heterocycles. The van der Waals surface area contributed by atoms with Crippen LogP contribution < -0.4 is 5.32 Å². The van der Waals surface area contributed by atoms with E-state index in [4.69, 9.17) is 4.74 Å². The van der Waals surface area contributed by atoms with Crippen LogP contribution in [0.4, 0.5) is 0 Å². The molecule has 106 valence electrons. The maximum atomic E-state index is 11.8. The molecule has 0 amide bonds. The van der Waals surface area contributed by atoms with Crippen molar-refractivity contribution in [3.8, 4) is 0 Å². The Balaban J connectivity index is 2.26. The van der Waals surface area contributed by atoms with Gasteiger partial charge in [-0.1, -0.05) is 32.6 Å². The summed E-state index contributed by atoms with van der Waals surface area (Å²) in [6.07, 6.45) is 7.86. The summed E-state index contributed by atoms with van der Waals surface area (Å²) in [4.78, 5) is 11.8. The first-order valence-corrected chi connectivity index (χ1v) is 7.35. The topological polar surface area (TPSA) is 38.3 Å². The van der Waals surface area contributed by atoms with Crippen LogP contribution in [0.15, 0.2) is 0 Å². The Hall–Kier alpha value is -0.570. The van der Waals surface area contributed by atoms with E-state index in [1.807, 2.05) is 27.7 Å². The van der Waals surface area contributed by atoms with Gasteiger partial charge >= 0.3 is 5.97 Å². The van der Waals surface area contributed by atoms with Gasteiger partial charge in [-0.2, -0.15) is 0 Å². The van der Waals surface area contributed by atoms with Gasteiger partial charge in [-0.3, -0.25) is 4.79 Å². The Morgan fingerprint density at radius 3 is 2.28 bits per heavy atom. The summed E-state index contributed by atoms with van der Waals surface area (Å²) in [7, 11) is 0. The van der Waals surface area contributed by atoms with Gasteiger partial charge in [-0.15, -0.1) is 0 Å². The Labute approximate surface area is 112 Å². The van der Waals surface area contributed by atoms with Crippen molar-refractivity contribution in [3.63, 3.8) is 0 Å². The van der Waals surface area contributed by atoms with Crippen LogP contribution in [0.5, 0.6) is 0 Å². The number of carbonyl (C=O) groups is 1. The van der Waals surface area contributed by atoms with Gasteiger partial charge < -0.3 is 10.1 Å². The van der Waals surface area contributed by atoms with Crippen LogP contribution in [-0.4, -0.2) is 24.2 Å². The zero-order valence-corrected chi connectivity index (χ0v) is 12.4. The zero-order valence-electron chi connectivity index (χ0n) is 12.4. The van der Waals surface area contributed by atoms with E-state index in [1.165, 1.54) is 38.5 Å². The van der Waals surface area contributed by atoms with Crippen molar-refractivity contribution in [3.05, 3.63) is 0 Å². The average molecular weight is 255 g/mol. The highest BCUT2D eigenvalue weighted by molar-refractivity contribution is 5.72. The van der Waals surface area contributed by atoms with E-state index < -0.39 is 0 Å². The molecule has 1 saturated carbocycles. The molecular formula is C15H29NO2. The van der Waals surface area contributed by atoms with Crippen molar-refractivity contribution < 1.29 is 9.53 Å². The molecule has 0 heterocycles. The van der Waals surface area contributed by atoms with E-state index in [1.54, 1.807) is 0 Å². The van der Waals surface area contributed by atoms with Crippen LogP contribution >= 0.6 is 0 Å². The third-order valence-electron chi connectivity index (χ3n) is 3.38. The second-order valence-corrected chi connectivity index (χ2v) is 6.53. The molecule has 3 heteroatoms. The molecule has 18 heavy (non-hydrogen) atoms. The van der Waals surface area contributed by atoms with Crippen molar-refractivity contribution >= 4 is 5.97 Å². The Morgan fingerprint density at radius 2 is 1.78 bits per heavy atom. The minimum absolute atomic E-state index is 0.0625. The van der Waals surface area contributed by atoms with Crippen LogP contribution in [0.1, 0.15) is 66.2 Å². The number of esters is 1. The number of rotatable bonds is 4. The molecule has 1 atom stereocenters. The van der Waals surface area contributed by atoms with Gasteiger partial charge in [0.15, 0.2) is 0 Å². The molecule has 0 spiro atoms. The van der Waals surface area contributed by atoms with Crippen LogP contribution in [0.2, 0.25) is 0 Å². The molecule has 0 bridgehead atoms. The Bertz CT molecular complexity index is 250. The molecular weight excluding hydrogens is 226 g/mol. The fourth-order valence-corrected chi connectivity index (χ4v) is 2.31. The van der Waals surface area contributed by atoms with E-state index in [2.05, 4.69) is 5.32 Å². The molecule has 0 saturated heterocycles. The third kappa shape index (κ3) is 6.39. The van der Waals surface area contributed by atoms with Gasteiger partial charge in [0, 0.05) is 12.6 Å². The summed E-state index contributed by atoms with van der Waals surface area (Å²) in [6, 6.07) is 0.595. The van der Waals surface area contributed by atoms with Crippen molar-refractivity contribution in [1.82, 2.24) is 5.32 Å². The van der Waals surface area contributed by atoms with Crippen LogP contribution in [0, 0.1) is 5.92 Å². The largest absolute Gasteiger partial charge is 0.460 e. The van der Waals surface area contributed by atoms with E-state index in [0.717, 1.165) is 6.54 Å². The summed E-state index contributed by atoms with van der Waals surface area (Å²) in [5.74, 6) is -0.156. The highest BCUT2D eigenvalue weighted by Gasteiger charge is 2.22. The molecule has 1 aliphatic carbocycles. The lowest BCUT2D eigenvalue weighted by Crippen LogP contribution is -2.37. The highest BCUT2D eigenvalue weighted by atomic mass is 16.6. The zero-order chi connectivity index (χ0) is 13.6. The lowest BCUT2D eigenvalue weighted by Gasteiger charge is -2.24. The number of hydrogen-bond donors (Lipinski definition) is 1. The predicted molar refractivity (Wildman–Crippen MR) is 74.5 cm³/mol. The van der Waals surface area contributed by atoms with Crippen LogP contribution in [-0.2, 0) is 9.53 Å². The fraction of sp³-hybridized carbons (Fsp3) is 0.933. The van der Waals surface area contributed by atoms with Gasteiger partial charge in [0.1, 0.15) is 5.60 Å². The molecule has 1 fully saturated rings. The quantitative estimate of drug-likeness (QED) is 0.619. The third-order valence-corrected chi connectivity index (χ3v) is 3.38. The van der Waals surface area contributed by atoms with Crippen molar-refractivity contribution in [1.29, 1.82) is 0 Å². The monoisotopic (exact) mass is 255 g/mol. The predicted octanol–water partition coefficient (Wildman–Crippen LogP) is 3.28. The van der Waals surface area contributed by atoms with Gasteiger partial charge in [0.05, 0.1) is 5.92 Å². The molecule has 3 nitrogen and oxygen atoms in total. The first-order valence-electron chi connectivity index (χ1n) is 7.35. The van der Waals surface area contributed by atoms with E-state index >= 15 is 0 Å². The summed E-state index contributed by atoms with van der Waals surface area (Å²) in [5, 5.41) is 3.53. The molecule has 0 aromatic rings. The maximum absolute atomic E-state index is 11.8. The van der Waals surface area contributed by atoms with Gasteiger partial charge in [-0.05, 0) is 33.6 Å². The molecule has 0 radical (unpaired) electrons. The molecule has 1 N–H and O–H groups in total. The minimum atomic E-state index is -0.381. The molecule has 1 unspecified atom stereocenters. The van der Waals surface area contributed by atoms with Crippen molar-refractivity contribution in [2.24, 2.45) is 5.92 Å². The van der Waals surface area contributed by atoms with Crippen molar-refractivity contribution in [2.75, 3.05) is 6.54 Å². The summed E-state index contributed by atoms with van der Waals surface area (Å²) >= 11 is 0. The van der Waals surface area contributed by atoms with Gasteiger partial charge in [0.2, 0.25) is 0 Å². The molecule has 0 aliphatic heterocycles. The van der Waals surface area contributed by atoms with Crippen molar-refractivity contribution in [2.45, 2.75) is 77.9 Å². The smallest absolute Gasteiger partial charge is 0.310 e. The second-order valence-electron chi connectivity index (χ2n) is 6.53. The van der Waals surface area contributed by atoms with Crippen LogP contribution in [0.3, 0.4) is 0 Å². The van der Waals surface area contributed by atoms with E-state index in [9.17, 15) is 4.79 Å². The Morgan fingerprint density at radius 1 is 1.22 bits per heavy atom. The summed E-state index contributed by atoms with van der Waals surface area (Å²) in [6.45, 7) is 8.42. The van der Waals surface area contributed by atoms with Gasteiger partial charge in [0.25, 0.3) is 0 Å². The minimum Gasteiger partial charge on any atom is -0.460 e. The number of carbonyl (C=O) groups excluding carboxylic acids is 1. The first-order chi connectivity index (χ1) is 8.38. The lowest BCUT2D eigenvalue weighted by atomic mass is 10.1. The fourth-order valence-electron chi connectivity index (χ4n) is 2.31. The SMILES string of the molecule is CC(CNC1CCCCCC1)C(=O)OC(C)(C)C. The normalized spacial score (nSPS) is 20.2. The Kier molecular flexibility index (Phi) is 6.13. The standard InChI is InChI=1S/C15H29NO2/c1-12(14(17)18-15(2,3)4)11-16-13-9-7-5-6-8-10-13/h12-13,16H,5-11H2,1-4H3. The summed E-state index contributed by atoms with van der Waals surface area (Å²) < 4.78 is 5.39. The second kappa shape index (κ2) is 7.13. The number of ether oxygens (including phenoxy) is 1.